The minimum Gasteiger partial charge on any atom is -0.376 e. The van der Waals surface area contributed by atoms with Gasteiger partial charge in [-0.15, -0.1) is 0 Å². The summed E-state index contributed by atoms with van der Waals surface area (Å²) in [5.74, 6) is 0.877. The van der Waals surface area contributed by atoms with Gasteiger partial charge < -0.3 is 15.0 Å². The lowest BCUT2D eigenvalue weighted by Crippen LogP contribution is -2.44. The van der Waals surface area contributed by atoms with Gasteiger partial charge in [0.2, 0.25) is 0 Å². The van der Waals surface area contributed by atoms with Crippen molar-refractivity contribution in [2.45, 2.75) is 70.1 Å². The van der Waals surface area contributed by atoms with Crippen LogP contribution in [0, 0.1) is 5.92 Å². The molecule has 0 spiro atoms. The van der Waals surface area contributed by atoms with E-state index in [1.165, 1.54) is 64.6 Å². The maximum atomic E-state index is 5.95. The molecule has 3 atom stereocenters. The van der Waals surface area contributed by atoms with Gasteiger partial charge in [-0.25, -0.2) is 0 Å². The Morgan fingerprint density at radius 2 is 2.00 bits per heavy atom. The van der Waals surface area contributed by atoms with E-state index in [2.05, 4.69) is 17.1 Å². The molecule has 2 aliphatic heterocycles. The first-order valence-electron chi connectivity index (χ1n) is 8.47. The first-order chi connectivity index (χ1) is 9.36. The molecule has 110 valence electrons. The Kier molecular flexibility index (Phi) is 4.78. The largest absolute Gasteiger partial charge is 0.376 e. The van der Waals surface area contributed by atoms with Crippen molar-refractivity contribution in [3.05, 3.63) is 0 Å². The fraction of sp³-hybridized carbons (Fsp3) is 1.00. The van der Waals surface area contributed by atoms with Crippen LogP contribution in [-0.2, 0) is 4.74 Å². The van der Waals surface area contributed by atoms with Crippen molar-refractivity contribution in [1.82, 2.24) is 10.2 Å². The van der Waals surface area contributed by atoms with Crippen LogP contribution >= 0.6 is 0 Å². The Balaban J connectivity index is 1.46. The predicted octanol–water partition coefficient (Wildman–Crippen LogP) is 2.41. The minimum atomic E-state index is 0.537. The van der Waals surface area contributed by atoms with Crippen LogP contribution in [-0.4, -0.2) is 49.3 Å². The van der Waals surface area contributed by atoms with Crippen molar-refractivity contribution in [2.24, 2.45) is 5.92 Å². The van der Waals surface area contributed by atoms with Crippen LogP contribution in [0.1, 0.15) is 51.9 Å². The van der Waals surface area contributed by atoms with Gasteiger partial charge in [-0.1, -0.05) is 6.92 Å². The number of ether oxygens (including phenoxy) is 1. The van der Waals surface area contributed by atoms with Gasteiger partial charge in [-0.3, -0.25) is 0 Å². The third-order valence-electron chi connectivity index (χ3n) is 5.03. The summed E-state index contributed by atoms with van der Waals surface area (Å²) >= 11 is 0. The lowest BCUT2D eigenvalue weighted by atomic mass is 10.0. The molecule has 0 aromatic heterocycles. The van der Waals surface area contributed by atoms with E-state index < -0.39 is 0 Å². The van der Waals surface area contributed by atoms with Crippen molar-refractivity contribution in [1.29, 1.82) is 0 Å². The monoisotopic (exact) mass is 266 g/mol. The molecule has 0 amide bonds. The smallest absolute Gasteiger partial charge is 0.0757 e. The van der Waals surface area contributed by atoms with Gasteiger partial charge in [0.15, 0.2) is 0 Å². The van der Waals surface area contributed by atoms with E-state index in [-0.39, 0.29) is 0 Å². The van der Waals surface area contributed by atoms with E-state index in [4.69, 9.17) is 4.74 Å². The first-order valence-corrected chi connectivity index (χ1v) is 8.47. The number of nitrogens with one attached hydrogen (secondary N) is 1. The summed E-state index contributed by atoms with van der Waals surface area (Å²) in [6.45, 7) is 7.14. The SMILES string of the molecule is CCCN1CCCC(NC2CCOC2C2CC2)CC1. The molecule has 19 heavy (non-hydrogen) atoms. The molecule has 3 nitrogen and oxygen atoms in total. The van der Waals surface area contributed by atoms with Crippen LogP contribution in [0.4, 0.5) is 0 Å². The predicted molar refractivity (Wildman–Crippen MR) is 78.4 cm³/mol. The summed E-state index contributed by atoms with van der Waals surface area (Å²) in [4.78, 5) is 2.64. The third kappa shape index (κ3) is 3.71. The average molecular weight is 266 g/mol. The molecule has 3 fully saturated rings. The standard InChI is InChI=1S/C16H30N2O/c1-2-9-18-10-3-4-14(7-11-18)17-15-8-12-19-16(15)13-5-6-13/h13-17H,2-12H2,1H3. The van der Waals surface area contributed by atoms with E-state index in [9.17, 15) is 0 Å². The summed E-state index contributed by atoms with van der Waals surface area (Å²) < 4.78 is 5.95. The molecule has 3 aliphatic rings. The highest BCUT2D eigenvalue weighted by Gasteiger charge is 2.41. The molecular formula is C16H30N2O. The zero-order chi connectivity index (χ0) is 13.1. The van der Waals surface area contributed by atoms with Crippen molar-refractivity contribution in [3.63, 3.8) is 0 Å². The second-order valence-electron chi connectivity index (χ2n) is 6.70. The maximum absolute atomic E-state index is 5.95. The third-order valence-corrected chi connectivity index (χ3v) is 5.03. The molecular weight excluding hydrogens is 236 g/mol. The molecule has 3 unspecified atom stereocenters. The molecule has 0 aromatic carbocycles. The van der Waals surface area contributed by atoms with Crippen LogP contribution in [0.2, 0.25) is 0 Å². The van der Waals surface area contributed by atoms with Gasteiger partial charge in [-0.2, -0.15) is 0 Å². The lowest BCUT2D eigenvalue weighted by Gasteiger charge is -2.25. The Morgan fingerprint density at radius 3 is 2.79 bits per heavy atom. The Bertz CT molecular complexity index is 280. The van der Waals surface area contributed by atoms with E-state index in [1.807, 2.05) is 0 Å². The number of nitrogens with zero attached hydrogens (tertiary/aromatic N) is 1. The van der Waals surface area contributed by atoms with Crippen molar-refractivity contribution >= 4 is 0 Å². The fourth-order valence-corrected chi connectivity index (χ4v) is 3.84. The first kappa shape index (κ1) is 13.8. The van der Waals surface area contributed by atoms with Crippen LogP contribution in [0.5, 0.6) is 0 Å². The van der Waals surface area contributed by atoms with Crippen LogP contribution in [0.15, 0.2) is 0 Å². The Hall–Kier alpha value is -0.120. The molecule has 1 aliphatic carbocycles. The Labute approximate surface area is 118 Å². The summed E-state index contributed by atoms with van der Waals surface area (Å²) in [5, 5.41) is 3.94. The topological polar surface area (TPSA) is 24.5 Å². The number of hydrogen-bond acceptors (Lipinski definition) is 3. The van der Waals surface area contributed by atoms with E-state index in [0.717, 1.165) is 18.6 Å². The lowest BCUT2D eigenvalue weighted by molar-refractivity contribution is 0.0784. The quantitative estimate of drug-likeness (QED) is 0.827. The summed E-state index contributed by atoms with van der Waals surface area (Å²) in [7, 11) is 0. The molecule has 2 heterocycles. The second kappa shape index (κ2) is 6.55. The van der Waals surface area contributed by atoms with Gasteiger partial charge >= 0.3 is 0 Å². The molecule has 1 saturated carbocycles. The van der Waals surface area contributed by atoms with Crippen LogP contribution < -0.4 is 5.32 Å². The van der Waals surface area contributed by atoms with E-state index in [0.29, 0.717) is 12.1 Å². The number of likely N-dealkylation sites (tertiary alicyclic amines) is 1. The zero-order valence-corrected chi connectivity index (χ0v) is 12.4. The van der Waals surface area contributed by atoms with Gasteiger partial charge in [0, 0.05) is 18.7 Å². The fourth-order valence-electron chi connectivity index (χ4n) is 3.84. The zero-order valence-electron chi connectivity index (χ0n) is 12.4. The summed E-state index contributed by atoms with van der Waals surface area (Å²) in [6.07, 6.45) is 9.90. The normalized spacial score (nSPS) is 37.4. The van der Waals surface area contributed by atoms with E-state index >= 15 is 0 Å². The van der Waals surface area contributed by atoms with Crippen molar-refractivity contribution in [3.8, 4) is 0 Å². The van der Waals surface area contributed by atoms with Gasteiger partial charge in [0.1, 0.15) is 0 Å². The maximum Gasteiger partial charge on any atom is 0.0757 e. The second-order valence-corrected chi connectivity index (χ2v) is 6.70. The van der Waals surface area contributed by atoms with E-state index in [1.54, 1.807) is 0 Å². The molecule has 0 radical (unpaired) electrons. The average Bonchev–Trinajstić information content (AvgIpc) is 3.18. The van der Waals surface area contributed by atoms with Crippen LogP contribution in [0.25, 0.3) is 0 Å². The summed E-state index contributed by atoms with van der Waals surface area (Å²) in [6, 6.07) is 1.38. The number of hydrogen-bond donors (Lipinski definition) is 1. The summed E-state index contributed by atoms with van der Waals surface area (Å²) in [5.41, 5.74) is 0. The molecule has 2 saturated heterocycles. The highest BCUT2D eigenvalue weighted by molar-refractivity contribution is 4.95. The highest BCUT2D eigenvalue weighted by Crippen LogP contribution is 2.39. The van der Waals surface area contributed by atoms with Crippen molar-refractivity contribution < 1.29 is 4.74 Å². The molecule has 3 rings (SSSR count). The van der Waals surface area contributed by atoms with Gasteiger partial charge in [0.05, 0.1) is 6.10 Å². The molecule has 0 aromatic rings. The van der Waals surface area contributed by atoms with Crippen molar-refractivity contribution in [2.75, 3.05) is 26.2 Å². The molecule has 0 bridgehead atoms. The minimum absolute atomic E-state index is 0.537. The van der Waals surface area contributed by atoms with Gasteiger partial charge in [0.25, 0.3) is 0 Å². The molecule has 1 N–H and O–H groups in total. The van der Waals surface area contributed by atoms with Crippen LogP contribution in [0.3, 0.4) is 0 Å². The number of rotatable bonds is 5. The Morgan fingerprint density at radius 1 is 1.11 bits per heavy atom. The molecule has 3 heteroatoms. The highest BCUT2D eigenvalue weighted by atomic mass is 16.5. The van der Waals surface area contributed by atoms with Gasteiger partial charge in [-0.05, 0) is 70.5 Å².